The SMILES string of the molecule is CC(C)(C)CC(=O)N1CCN(S(=O)(=O)c2ccccc2Br)CC1. The second-order valence-electron chi connectivity index (χ2n) is 6.95. The van der Waals surface area contributed by atoms with E-state index in [2.05, 4.69) is 15.9 Å². The van der Waals surface area contributed by atoms with Gasteiger partial charge in [0.05, 0.1) is 4.90 Å². The van der Waals surface area contributed by atoms with Gasteiger partial charge in [-0.15, -0.1) is 0 Å². The highest BCUT2D eigenvalue weighted by atomic mass is 79.9. The van der Waals surface area contributed by atoms with E-state index in [1.807, 2.05) is 20.8 Å². The zero-order valence-corrected chi connectivity index (χ0v) is 16.2. The molecule has 2 rings (SSSR count). The zero-order chi connectivity index (χ0) is 17.3. The average molecular weight is 403 g/mol. The second kappa shape index (κ2) is 6.91. The number of hydrogen-bond acceptors (Lipinski definition) is 3. The Morgan fingerprint density at radius 1 is 1.13 bits per heavy atom. The standard InChI is InChI=1S/C16H23BrN2O3S/c1-16(2,3)12-15(20)18-8-10-19(11-9-18)23(21,22)14-7-5-4-6-13(14)17/h4-7H,8-12H2,1-3H3. The summed E-state index contributed by atoms with van der Waals surface area (Å²) in [6.45, 7) is 7.63. The smallest absolute Gasteiger partial charge is 0.244 e. The monoisotopic (exact) mass is 402 g/mol. The first kappa shape index (κ1) is 18.4. The van der Waals surface area contributed by atoms with E-state index in [0.717, 1.165) is 0 Å². The number of benzene rings is 1. The van der Waals surface area contributed by atoms with Crippen LogP contribution >= 0.6 is 15.9 Å². The summed E-state index contributed by atoms with van der Waals surface area (Å²) in [5, 5.41) is 0. The van der Waals surface area contributed by atoms with E-state index in [1.54, 1.807) is 29.2 Å². The summed E-state index contributed by atoms with van der Waals surface area (Å²) in [5.74, 6) is 0.0930. The predicted molar refractivity (Wildman–Crippen MR) is 93.6 cm³/mol. The molecule has 1 fully saturated rings. The fraction of sp³-hybridized carbons (Fsp3) is 0.562. The first-order chi connectivity index (χ1) is 10.6. The summed E-state index contributed by atoms with van der Waals surface area (Å²) < 4.78 is 27.4. The van der Waals surface area contributed by atoms with Crippen LogP contribution in [-0.4, -0.2) is 49.7 Å². The van der Waals surface area contributed by atoms with E-state index in [9.17, 15) is 13.2 Å². The highest BCUT2D eigenvalue weighted by molar-refractivity contribution is 9.10. The Labute approximate surface area is 146 Å². The van der Waals surface area contributed by atoms with Crippen molar-refractivity contribution in [2.24, 2.45) is 5.41 Å². The van der Waals surface area contributed by atoms with Gasteiger partial charge >= 0.3 is 0 Å². The molecule has 1 aromatic rings. The van der Waals surface area contributed by atoms with Gasteiger partial charge in [-0.25, -0.2) is 8.42 Å². The highest BCUT2D eigenvalue weighted by Gasteiger charge is 2.32. The Balaban J connectivity index is 2.04. The Morgan fingerprint density at radius 2 is 1.70 bits per heavy atom. The molecule has 1 aromatic carbocycles. The van der Waals surface area contributed by atoms with E-state index >= 15 is 0 Å². The zero-order valence-electron chi connectivity index (χ0n) is 13.8. The molecule has 0 unspecified atom stereocenters. The number of piperazine rings is 1. The summed E-state index contributed by atoms with van der Waals surface area (Å²) in [4.78, 5) is 14.3. The van der Waals surface area contributed by atoms with Crippen molar-refractivity contribution in [2.45, 2.75) is 32.1 Å². The third-order valence-corrected chi connectivity index (χ3v) is 6.64. The summed E-state index contributed by atoms with van der Waals surface area (Å²) in [6.07, 6.45) is 0.476. The van der Waals surface area contributed by atoms with Gasteiger partial charge in [0.25, 0.3) is 0 Å². The molecule has 128 valence electrons. The largest absolute Gasteiger partial charge is 0.340 e. The lowest BCUT2D eigenvalue weighted by molar-refractivity contribution is -0.134. The van der Waals surface area contributed by atoms with E-state index in [0.29, 0.717) is 37.1 Å². The fourth-order valence-electron chi connectivity index (χ4n) is 2.54. The molecule has 0 atom stereocenters. The first-order valence-electron chi connectivity index (χ1n) is 7.64. The van der Waals surface area contributed by atoms with Crippen LogP contribution in [0.5, 0.6) is 0 Å². The van der Waals surface area contributed by atoms with Gasteiger partial charge in [0.15, 0.2) is 0 Å². The molecule has 1 heterocycles. The molecule has 7 heteroatoms. The normalized spacial score (nSPS) is 17.3. The number of nitrogens with zero attached hydrogens (tertiary/aromatic N) is 2. The van der Waals surface area contributed by atoms with Gasteiger partial charge in [0.1, 0.15) is 0 Å². The van der Waals surface area contributed by atoms with Crippen molar-refractivity contribution in [3.63, 3.8) is 0 Å². The van der Waals surface area contributed by atoms with Crippen LogP contribution < -0.4 is 0 Å². The number of amides is 1. The van der Waals surface area contributed by atoms with Crippen molar-refractivity contribution >= 4 is 31.9 Å². The number of hydrogen-bond donors (Lipinski definition) is 0. The maximum absolute atomic E-state index is 12.7. The van der Waals surface area contributed by atoms with Crippen molar-refractivity contribution in [2.75, 3.05) is 26.2 Å². The summed E-state index contributed by atoms with van der Waals surface area (Å²) in [7, 11) is -3.53. The maximum atomic E-state index is 12.7. The Kier molecular flexibility index (Phi) is 5.53. The molecular formula is C16H23BrN2O3S. The number of halogens is 1. The van der Waals surface area contributed by atoms with Crippen LogP contribution in [0, 0.1) is 5.41 Å². The van der Waals surface area contributed by atoms with Crippen molar-refractivity contribution in [3.05, 3.63) is 28.7 Å². The third-order valence-electron chi connectivity index (χ3n) is 3.73. The Hall–Kier alpha value is -0.920. The van der Waals surface area contributed by atoms with Crippen LogP contribution in [-0.2, 0) is 14.8 Å². The Bertz CT molecular complexity index is 675. The fourth-order valence-corrected chi connectivity index (χ4v) is 4.92. The number of rotatable bonds is 3. The quantitative estimate of drug-likeness (QED) is 0.780. The number of sulfonamides is 1. The van der Waals surface area contributed by atoms with Crippen molar-refractivity contribution in [1.29, 1.82) is 0 Å². The van der Waals surface area contributed by atoms with Crippen LogP contribution in [0.1, 0.15) is 27.2 Å². The molecule has 0 saturated carbocycles. The van der Waals surface area contributed by atoms with Crippen molar-refractivity contribution in [3.8, 4) is 0 Å². The molecule has 0 aromatic heterocycles. The van der Waals surface area contributed by atoms with Gasteiger partial charge in [-0.3, -0.25) is 4.79 Å². The van der Waals surface area contributed by atoms with Gasteiger partial charge in [0.2, 0.25) is 15.9 Å². The lowest BCUT2D eigenvalue weighted by atomic mass is 9.91. The molecule has 1 aliphatic heterocycles. The first-order valence-corrected chi connectivity index (χ1v) is 9.87. The average Bonchev–Trinajstić information content (AvgIpc) is 2.46. The van der Waals surface area contributed by atoms with Crippen molar-refractivity contribution in [1.82, 2.24) is 9.21 Å². The lowest BCUT2D eigenvalue weighted by Crippen LogP contribution is -2.51. The summed E-state index contributed by atoms with van der Waals surface area (Å²) >= 11 is 3.30. The highest BCUT2D eigenvalue weighted by Crippen LogP contribution is 2.26. The van der Waals surface area contributed by atoms with Crippen LogP contribution in [0.2, 0.25) is 0 Å². The van der Waals surface area contributed by atoms with E-state index in [1.165, 1.54) is 4.31 Å². The molecule has 23 heavy (non-hydrogen) atoms. The molecule has 1 aliphatic rings. The van der Waals surface area contributed by atoms with Crippen LogP contribution in [0.3, 0.4) is 0 Å². The third kappa shape index (κ3) is 4.55. The van der Waals surface area contributed by atoms with Crippen molar-refractivity contribution < 1.29 is 13.2 Å². The molecule has 1 saturated heterocycles. The molecular weight excluding hydrogens is 380 g/mol. The second-order valence-corrected chi connectivity index (χ2v) is 9.71. The summed E-state index contributed by atoms with van der Waals surface area (Å²) in [5.41, 5.74) is -0.0603. The molecule has 1 amide bonds. The van der Waals surface area contributed by atoms with Gasteiger partial charge in [0, 0.05) is 37.1 Å². The van der Waals surface area contributed by atoms with E-state index in [-0.39, 0.29) is 16.2 Å². The van der Waals surface area contributed by atoms with E-state index in [4.69, 9.17) is 0 Å². The molecule has 0 N–H and O–H groups in total. The molecule has 0 radical (unpaired) electrons. The molecule has 5 nitrogen and oxygen atoms in total. The molecule has 0 bridgehead atoms. The summed E-state index contributed by atoms with van der Waals surface area (Å²) in [6, 6.07) is 6.81. The van der Waals surface area contributed by atoms with Crippen LogP contribution in [0.15, 0.2) is 33.6 Å². The van der Waals surface area contributed by atoms with Gasteiger partial charge < -0.3 is 4.90 Å². The van der Waals surface area contributed by atoms with Gasteiger partial charge in [-0.1, -0.05) is 32.9 Å². The van der Waals surface area contributed by atoms with E-state index < -0.39 is 10.0 Å². The van der Waals surface area contributed by atoms with Crippen LogP contribution in [0.4, 0.5) is 0 Å². The van der Waals surface area contributed by atoms with Gasteiger partial charge in [-0.2, -0.15) is 4.31 Å². The number of carbonyl (C=O) groups is 1. The van der Waals surface area contributed by atoms with Crippen LogP contribution in [0.25, 0.3) is 0 Å². The minimum Gasteiger partial charge on any atom is -0.340 e. The number of carbonyl (C=O) groups excluding carboxylic acids is 1. The minimum atomic E-state index is -3.53. The molecule has 0 spiro atoms. The maximum Gasteiger partial charge on any atom is 0.244 e. The van der Waals surface area contributed by atoms with Gasteiger partial charge in [-0.05, 0) is 33.5 Å². The predicted octanol–water partition coefficient (Wildman–Crippen LogP) is 2.72. The minimum absolute atomic E-state index is 0.0603. The topological polar surface area (TPSA) is 57.7 Å². The molecule has 0 aliphatic carbocycles. The lowest BCUT2D eigenvalue weighted by Gasteiger charge is -2.35. The Morgan fingerprint density at radius 3 is 2.22 bits per heavy atom.